The monoisotopic (exact) mass is 330 g/mol. The Bertz CT molecular complexity index is 633. The molecule has 6 nitrogen and oxygen atoms in total. The normalized spacial score (nSPS) is 39.7. The Labute approximate surface area is 142 Å². The summed E-state index contributed by atoms with van der Waals surface area (Å²) < 4.78 is 7.32. The minimum Gasteiger partial charge on any atom is -0.380 e. The van der Waals surface area contributed by atoms with Gasteiger partial charge in [-0.1, -0.05) is 0 Å². The molecule has 0 saturated heterocycles. The van der Waals surface area contributed by atoms with Crippen LogP contribution in [0.25, 0.3) is 0 Å². The lowest BCUT2D eigenvalue weighted by atomic mass is 9.49. The smallest absolute Gasteiger partial charge is 0.248 e. The van der Waals surface area contributed by atoms with E-state index in [1.807, 2.05) is 4.68 Å². The molecule has 4 fully saturated rings. The van der Waals surface area contributed by atoms with Crippen LogP contribution < -0.4 is 5.32 Å². The summed E-state index contributed by atoms with van der Waals surface area (Å²) in [5.41, 5.74) is -0.143. The molecule has 2 heterocycles. The number of methoxy groups -OCH3 is 1. The first-order valence-corrected chi connectivity index (χ1v) is 9.41. The van der Waals surface area contributed by atoms with Crippen LogP contribution in [0, 0.1) is 23.2 Å². The largest absolute Gasteiger partial charge is 0.380 e. The Balaban J connectivity index is 1.33. The van der Waals surface area contributed by atoms with E-state index in [9.17, 15) is 4.79 Å². The second-order valence-corrected chi connectivity index (χ2v) is 8.58. The van der Waals surface area contributed by atoms with Gasteiger partial charge in [-0.2, -0.15) is 4.98 Å². The molecule has 1 atom stereocenters. The zero-order valence-corrected chi connectivity index (χ0v) is 14.3. The summed E-state index contributed by atoms with van der Waals surface area (Å²) in [4.78, 5) is 17.6. The van der Waals surface area contributed by atoms with E-state index in [2.05, 4.69) is 15.4 Å². The molecular weight excluding hydrogens is 304 g/mol. The van der Waals surface area contributed by atoms with E-state index in [4.69, 9.17) is 4.74 Å². The van der Waals surface area contributed by atoms with Crippen molar-refractivity contribution in [3.8, 4) is 0 Å². The molecule has 1 amide bonds. The van der Waals surface area contributed by atoms with Crippen molar-refractivity contribution in [2.24, 2.45) is 23.2 Å². The van der Waals surface area contributed by atoms with Gasteiger partial charge in [-0.25, -0.2) is 4.68 Å². The Morgan fingerprint density at radius 3 is 2.50 bits per heavy atom. The maximum atomic E-state index is 13.1. The van der Waals surface area contributed by atoms with Gasteiger partial charge in [-0.3, -0.25) is 10.1 Å². The summed E-state index contributed by atoms with van der Waals surface area (Å²) in [6, 6.07) is 0. The first-order chi connectivity index (χ1) is 11.6. The third-order valence-corrected chi connectivity index (χ3v) is 6.89. The number of nitrogens with zero attached hydrogens (tertiary/aromatic N) is 3. The Morgan fingerprint density at radius 1 is 1.21 bits per heavy atom. The maximum absolute atomic E-state index is 13.1. The molecule has 4 aliphatic carbocycles. The van der Waals surface area contributed by atoms with Gasteiger partial charge in [0.2, 0.25) is 11.9 Å². The number of fused-ring (bicyclic) bond motifs is 1. The molecule has 1 aliphatic heterocycles. The highest BCUT2D eigenvalue weighted by molar-refractivity contribution is 5.94. The van der Waals surface area contributed by atoms with Gasteiger partial charge in [0.25, 0.3) is 0 Å². The van der Waals surface area contributed by atoms with Gasteiger partial charge in [-0.15, -0.1) is 5.10 Å². The van der Waals surface area contributed by atoms with Crippen LogP contribution in [-0.4, -0.2) is 33.9 Å². The molecule has 1 aromatic heterocycles. The highest BCUT2D eigenvalue weighted by Crippen LogP contribution is 2.60. The molecule has 1 unspecified atom stereocenters. The lowest BCUT2D eigenvalue weighted by Crippen LogP contribution is -2.51. The number of hydrogen-bond donors (Lipinski definition) is 1. The minimum atomic E-state index is -0.143. The van der Waals surface area contributed by atoms with E-state index >= 15 is 0 Å². The van der Waals surface area contributed by atoms with Crippen molar-refractivity contribution in [1.82, 2.24) is 14.8 Å². The average Bonchev–Trinajstić information content (AvgIpc) is 2.94. The summed E-state index contributed by atoms with van der Waals surface area (Å²) in [6.45, 7) is 0.728. The van der Waals surface area contributed by atoms with E-state index in [0.717, 1.165) is 62.2 Å². The second-order valence-electron chi connectivity index (χ2n) is 8.58. The number of aryl methyl sites for hydroxylation is 1. The van der Waals surface area contributed by atoms with Crippen molar-refractivity contribution >= 4 is 11.9 Å². The van der Waals surface area contributed by atoms with E-state index in [1.165, 1.54) is 19.3 Å². The predicted molar refractivity (Wildman–Crippen MR) is 88.4 cm³/mol. The highest BCUT2D eigenvalue weighted by Gasteiger charge is 2.54. The van der Waals surface area contributed by atoms with Crippen LogP contribution in [0.1, 0.15) is 50.8 Å². The van der Waals surface area contributed by atoms with Gasteiger partial charge in [0.15, 0.2) is 0 Å². The van der Waals surface area contributed by atoms with Gasteiger partial charge in [0.1, 0.15) is 5.82 Å². The van der Waals surface area contributed by atoms with Crippen LogP contribution >= 0.6 is 0 Å². The van der Waals surface area contributed by atoms with Crippen molar-refractivity contribution in [1.29, 1.82) is 0 Å². The highest BCUT2D eigenvalue weighted by atomic mass is 16.5. The summed E-state index contributed by atoms with van der Waals surface area (Å²) in [7, 11) is 1.74. The van der Waals surface area contributed by atoms with Crippen molar-refractivity contribution < 1.29 is 9.53 Å². The van der Waals surface area contributed by atoms with Crippen LogP contribution in [0.3, 0.4) is 0 Å². The quantitative estimate of drug-likeness (QED) is 0.924. The van der Waals surface area contributed by atoms with Crippen LogP contribution in [0.5, 0.6) is 0 Å². The summed E-state index contributed by atoms with van der Waals surface area (Å²) >= 11 is 0. The fourth-order valence-electron chi connectivity index (χ4n) is 6.15. The first kappa shape index (κ1) is 14.9. The third-order valence-electron chi connectivity index (χ3n) is 6.89. The van der Waals surface area contributed by atoms with Crippen LogP contribution in [0.15, 0.2) is 0 Å². The SMILES string of the molecule is COC1CCc2nc(NC(=O)C34CC5CC(CC(C5)C3)C4)nn2C1. The lowest BCUT2D eigenvalue weighted by Gasteiger charge is -2.55. The number of carbonyl (C=O) groups excluding carboxylic acids is 1. The van der Waals surface area contributed by atoms with E-state index in [1.54, 1.807) is 7.11 Å². The lowest BCUT2D eigenvalue weighted by molar-refractivity contribution is -0.140. The van der Waals surface area contributed by atoms with Gasteiger partial charge in [-0.05, 0) is 62.7 Å². The van der Waals surface area contributed by atoms with Gasteiger partial charge < -0.3 is 4.74 Å². The van der Waals surface area contributed by atoms with Crippen LogP contribution in [0.2, 0.25) is 0 Å². The number of nitrogens with one attached hydrogen (secondary N) is 1. The number of carbonyl (C=O) groups is 1. The zero-order valence-electron chi connectivity index (χ0n) is 14.3. The number of hydrogen-bond acceptors (Lipinski definition) is 4. The third kappa shape index (κ3) is 2.30. The number of anilines is 1. The summed E-state index contributed by atoms with van der Waals surface area (Å²) in [5.74, 6) is 3.94. The number of aromatic nitrogens is 3. The second kappa shape index (κ2) is 5.28. The molecule has 0 aromatic carbocycles. The average molecular weight is 330 g/mol. The Hall–Kier alpha value is -1.43. The van der Waals surface area contributed by atoms with Gasteiger partial charge in [0.05, 0.1) is 18.1 Å². The van der Waals surface area contributed by atoms with Crippen molar-refractivity contribution in [3.63, 3.8) is 0 Å². The van der Waals surface area contributed by atoms with E-state index in [0.29, 0.717) is 5.95 Å². The molecule has 0 spiro atoms. The van der Waals surface area contributed by atoms with Crippen LogP contribution in [0.4, 0.5) is 5.95 Å². The minimum absolute atomic E-state index is 0.143. The molecule has 24 heavy (non-hydrogen) atoms. The van der Waals surface area contributed by atoms with Crippen LogP contribution in [-0.2, 0) is 22.5 Å². The molecule has 4 bridgehead atoms. The fraction of sp³-hybridized carbons (Fsp3) is 0.833. The molecule has 5 aliphatic rings. The molecule has 6 heteroatoms. The predicted octanol–water partition coefficient (Wildman–Crippen LogP) is 2.39. The molecule has 0 radical (unpaired) electrons. The Morgan fingerprint density at radius 2 is 1.88 bits per heavy atom. The van der Waals surface area contributed by atoms with Gasteiger partial charge >= 0.3 is 0 Å². The van der Waals surface area contributed by atoms with Gasteiger partial charge in [0, 0.05) is 13.5 Å². The van der Waals surface area contributed by atoms with Crippen molar-refractivity contribution in [2.45, 2.75) is 64.0 Å². The Kier molecular flexibility index (Phi) is 3.27. The molecule has 130 valence electrons. The molecule has 1 aromatic rings. The molecular formula is C18H26N4O2. The first-order valence-electron chi connectivity index (χ1n) is 9.41. The number of rotatable bonds is 3. The summed E-state index contributed by atoms with van der Waals surface area (Å²) in [6.07, 6.45) is 9.30. The van der Waals surface area contributed by atoms with Crippen molar-refractivity contribution in [3.05, 3.63) is 5.82 Å². The topological polar surface area (TPSA) is 69.0 Å². The number of amides is 1. The van der Waals surface area contributed by atoms with E-state index < -0.39 is 0 Å². The summed E-state index contributed by atoms with van der Waals surface area (Å²) in [5, 5.41) is 7.58. The van der Waals surface area contributed by atoms with Crippen molar-refractivity contribution in [2.75, 3.05) is 12.4 Å². The number of ether oxygens (including phenoxy) is 1. The molecule has 1 N–H and O–H groups in total. The zero-order chi connectivity index (χ0) is 16.3. The molecule has 6 rings (SSSR count). The maximum Gasteiger partial charge on any atom is 0.248 e. The van der Waals surface area contributed by atoms with E-state index in [-0.39, 0.29) is 17.4 Å². The fourth-order valence-corrected chi connectivity index (χ4v) is 6.15. The standard InChI is InChI=1S/C18H26N4O2/c1-24-14-2-3-15-19-17(21-22(15)10-14)20-16(23)18-7-11-4-12(8-18)6-13(5-11)9-18/h11-14H,2-10H2,1H3,(H,20,21,23). The molecule has 4 saturated carbocycles.